The van der Waals surface area contributed by atoms with Crippen LogP contribution in [0.5, 0.6) is 0 Å². The molecule has 0 atom stereocenters. The van der Waals surface area contributed by atoms with Gasteiger partial charge in [-0.15, -0.1) is 0 Å². The second kappa shape index (κ2) is 6.48. The highest BCUT2D eigenvalue weighted by Gasteiger charge is 2.23. The summed E-state index contributed by atoms with van der Waals surface area (Å²) in [5.74, 6) is 0.913. The lowest BCUT2D eigenvalue weighted by atomic mass is 10.0. The van der Waals surface area contributed by atoms with Crippen molar-refractivity contribution in [3.63, 3.8) is 0 Å². The van der Waals surface area contributed by atoms with Crippen LogP contribution in [0.2, 0.25) is 0 Å². The number of halogens is 1. The molecule has 1 aliphatic heterocycles. The molecule has 0 bridgehead atoms. The van der Waals surface area contributed by atoms with E-state index in [0.717, 1.165) is 36.2 Å². The highest BCUT2D eigenvalue weighted by atomic mass is 79.9. The molecule has 7 heteroatoms. The van der Waals surface area contributed by atoms with Crippen LogP contribution in [-0.2, 0) is 7.05 Å². The molecular formula is C15H18BrN5O. The molecule has 1 aliphatic rings. The Morgan fingerprint density at radius 1 is 1.41 bits per heavy atom. The zero-order chi connectivity index (χ0) is 15.5. The maximum absolute atomic E-state index is 12.2. The van der Waals surface area contributed by atoms with Crippen LogP contribution in [0.3, 0.4) is 0 Å². The third-order valence-electron chi connectivity index (χ3n) is 3.92. The predicted molar refractivity (Wildman–Crippen MR) is 87.8 cm³/mol. The van der Waals surface area contributed by atoms with E-state index in [1.165, 1.54) is 0 Å². The van der Waals surface area contributed by atoms with Crippen molar-refractivity contribution in [2.75, 3.05) is 18.0 Å². The van der Waals surface area contributed by atoms with Crippen molar-refractivity contribution in [1.82, 2.24) is 19.9 Å². The third kappa shape index (κ3) is 3.14. The Bertz CT molecular complexity index is 663. The molecule has 0 radical (unpaired) electrons. The molecule has 1 amide bonds. The van der Waals surface area contributed by atoms with Crippen molar-refractivity contribution >= 4 is 27.7 Å². The lowest BCUT2D eigenvalue weighted by Crippen LogP contribution is -2.45. The highest BCUT2D eigenvalue weighted by molar-refractivity contribution is 9.10. The maximum Gasteiger partial charge on any atom is 0.269 e. The first kappa shape index (κ1) is 15.0. The quantitative estimate of drug-likeness (QED) is 0.905. The summed E-state index contributed by atoms with van der Waals surface area (Å²) in [6, 6.07) is 4.11. The highest BCUT2D eigenvalue weighted by Crippen LogP contribution is 2.25. The van der Waals surface area contributed by atoms with Gasteiger partial charge in [0.1, 0.15) is 11.5 Å². The van der Waals surface area contributed by atoms with Gasteiger partial charge in [-0.1, -0.05) is 0 Å². The molecule has 1 N–H and O–H groups in total. The minimum absolute atomic E-state index is 0.0579. The molecule has 22 heavy (non-hydrogen) atoms. The second-order valence-corrected chi connectivity index (χ2v) is 6.29. The largest absolute Gasteiger partial charge is 0.356 e. The summed E-state index contributed by atoms with van der Waals surface area (Å²) >= 11 is 3.54. The summed E-state index contributed by atoms with van der Waals surface area (Å²) < 4.78 is 2.74. The first-order chi connectivity index (χ1) is 10.6. The smallest absolute Gasteiger partial charge is 0.269 e. The summed E-state index contributed by atoms with van der Waals surface area (Å²) in [7, 11) is 1.82. The van der Waals surface area contributed by atoms with E-state index in [1.54, 1.807) is 23.3 Å². The number of nitrogens with one attached hydrogen (secondary N) is 1. The third-order valence-corrected chi connectivity index (χ3v) is 4.54. The number of aromatic nitrogens is 3. The number of pyridine rings is 1. The Kier molecular flexibility index (Phi) is 4.42. The number of piperidine rings is 1. The topological polar surface area (TPSA) is 63.1 Å². The summed E-state index contributed by atoms with van der Waals surface area (Å²) in [6.45, 7) is 1.76. The van der Waals surface area contributed by atoms with Crippen LogP contribution in [0, 0.1) is 0 Å². The Labute approximate surface area is 137 Å². The number of rotatable bonds is 3. The lowest BCUT2D eigenvalue weighted by molar-refractivity contribution is 0.0923. The van der Waals surface area contributed by atoms with Gasteiger partial charge >= 0.3 is 0 Å². The lowest BCUT2D eigenvalue weighted by Gasteiger charge is -2.33. The maximum atomic E-state index is 12.2. The zero-order valence-electron chi connectivity index (χ0n) is 12.4. The van der Waals surface area contributed by atoms with Gasteiger partial charge < -0.3 is 14.8 Å². The van der Waals surface area contributed by atoms with Crippen LogP contribution in [-0.4, -0.2) is 39.6 Å². The van der Waals surface area contributed by atoms with Crippen LogP contribution in [0.1, 0.15) is 23.3 Å². The fourth-order valence-electron chi connectivity index (χ4n) is 2.68. The SMILES string of the molecule is Cn1cncc1C(=O)NC1CCN(c2ncccc2Br)CC1. The number of aryl methyl sites for hydroxylation is 1. The van der Waals surface area contributed by atoms with Crippen molar-refractivity contribution in [1.29, 1.82) is 0 Å². The second-order valence-electron chi connectivity index (χ2n) is 5.43. The van der Waals surface area contributed by atoms with Crippen molar-refractivity contribution in [3.8, 4) is 0 Å². The van der Waals surface area contributed by atoms with Gasteiger partial charge in [-0.2, -0.15) is 0 Å². The summed E-state index contributed by atoms with van der Waals surface area (Å²) in [4.78, 5) is 22.8. The number of carbonyl (C=O) groups is 1. The molecule has 3 heterocycles. The molecule has 116 valence electrons. The number of carbonyl (C=O) groups excluding carboxylic acids is 1. The number of imidazole rings is 1. The monoisotopic (exact) mass is 363 g/mol. The average Bonchev–Trinajstić information content (AvgIpc) is 2.95. The normalized spacial score (nSPS) is 15.8. The number of anilines is 1. The van der Waals surface area contributed by atoms with E-state index < -0.39 is 0 Å². The molecule has 0 aromatic carbocycles. The standard InChI is InChI=1S/C15H18BrN5O/c1-20-10-17-9-13(20)15(22)19-11-4-7-21(8-5-11)14-12(16)3-2-6-18-14/h2-3,6,9-11H,4-5,7-8H2,1H3,(H,19,22). The van der Waals surface area contributed by atoms with Crippen LogP contribution in [0.15, 0.2) is 35.3 Å². The predicted octanol–water partition coefficient (Wildman–Crippen LogP) is 1.98. The van der Waals surface area contributed by atoms with Crippen LogP contribution >= 0.6 is 15.9 Å². The van der Waals surface area contributed by atoms with Crippen molar-refractivity contribution in [2.45, 2.75) is 18.9 Å². The molecular weight excluding hydrogens is 346 g/mol. The minimum atomic E-state index is -0.0579. The number of nitrogens with zero attached hydrogens (tertiary/aromatic N) is 4. The van der Waals surface area contributed by atoms with E-state index in [0.29, 0.717) is 5.69 Å². The van der Waals surface area contributed by atoms with E-state index in [2.05, 4.69) is 36.1 Å². The van der Waals surface area contributed by atoms with Crippen molar-refractivity contribution in [3.05, 3.63) is 41.0 Å². The van der Waals surface area contributed by atoms with E-state index in [1.807, 2.05) is 19.2 Å². The minimum Gasteiger partial charge on any atom is -0.356 e. The first-order valence-corrected chi connectivity index (χ1v) is 8.07. The number of amides is 1. The molecule has 0 saturated carbocycles. The van der Waals surface area contributed by atoms with Gasteiger partial charge in [0.2, 0.25) is 0 Å². The van der Waals surface area contributed by atoms with Gasteiger partial charge in [0, 0.05) is 32.4 Å². The molecule has 0 aliphatic carbocycles. The number of hydrogen-bond acceptors (Lipinski definition) is 4. The molecule has 2 aromatic heterocycles. The summed E-state index contributed by atoms with van der Waals surface area (Å²) in [6.07, 6.45) is 6.85. The van der Waals surface area contributed by atoms with Crippen LogP contribution < -0.4 is 10.2 Å². The van der Waals surface area contributed by atoms with Crippen LogP contribution in [0.4, 0.5) is 5.82 Å². The van der Waals surface area contributed by atoms with E-state index in [-0.39, 0.29) is 11.9 Å². The molecule has 0 spiro atoms. The molecule has 0 unspecified atom stereocenters. The molecule has 1 fully saturated rings. The van der Waals surface area contributed by atoms with E-state index >= 15 is 0 Å². The molecule has 2 aromatic rings. The Morgan fingerprint density at radius 3 is 2.82 bits per heavy atom. The fraction of sp³-hybridized carbons (Fsp3) is 0.400. The summed E-state index contributed by atoms with van der Waals surface area (Å²) in [5, 5.41) is 3.09. The van der Waals surface area contributed by atoms with Gasteiger partial charge in [-0.3, -0.25) is 4.79 Å². The van der Waals surface area contributed by atoms with Crippen LogP contribution in [0.25, 0.3) is 0 Å². The van der Waals surface area contributed by atoms with E-state index in [4.69, 9.17) is 0 Å². The van der Waals surface area contributed by atoms with Gasteiger partial charge in [-0.25, -0.2) is 9.97 Å². The van der Waals surface area contributed by atoms with E-state index in [9.17, 15) is 4.79 Å². The fourth-order valence-corrected chi connectivity index (χ4v) is 3.19. The Balaban J connectivity index is 1.57. The average molecular weight is 364 g/mol. The Hall–Kier alpha value is -1.89. The Morgan fingerprint density at radius 2 is 2.18 bits per heavy atom. The molecule has 6 nitrogen and oxygen atoms in total. The van der Waals surface area contributed by atoms with Gasteiger partial charge in [-0.05, 0) is 40.9 Å². The molecule has 3 rings (SSSR count). The van der Waals surface area contributed by atoms with Crippen molar-refractivity contribution < 1.29 is 4.79 Å². The van der Waals surface area contributed by atoms with Crippen molar-refractivity contribution in [2.24, 2.45) is 7.05 Å². The van der Waals surface area contributed by atoms with Gasteiger partial charge in [0.25, 0.3) is 5.91 Å². The first-order valence-electron chi connectivity index (χ1n) is 7.28. The summed E-state index contributed by atoms with van der Waals surface area (Å²) in [5.41, 5.74) is 0.593. The zero-order valence-corrected chi connectivity index (χ0v) is 14.0. The number of hydrogen-bond donors (Lipinski definition) is 1. The molecule has 1 saturated heterocycles. The van der Waals surface area contributed by atoms with Gasteiger partial charge in [0.05, 0.1) is 17.0 Å². The van der Waals surface area contributed by atoms with Gasteiger partial charge in [0.15, 0.2) is 0 Å².